The highest BCUT2D eigenvalue weighted by atomic mass is 32.2. The summed E-state index contributed by atoms with van der Waals surface area (Å²) in [5.41, 5.74) is 5.97. The molecule has 3 N–H and O–H groups in total. The minimum atomic E-state index is -3.87. The molecule has 1 rings (SSSR count). The van der Waals surface area contributed by atoms with Crippen molar-refractivity contribution in [1.29, 1.82) is 0 Å². The number of carbonyl (C=O) groups is 1. The summed E-state index contributed by atoms with van der Waals surface area (Å²) in [5.74, 6) is -0.183. The Morgan fingerprint density at radius 3 is 2.62 bits per heavy atom. The number of nitrogen functional groups attached to an aromatic ring is 1. The molecule has 0 aromatic heterocycles. The standard InChI is InChI=1S/C13H21N3O4S/c1-4-7-16(9-13(17)15-2)21(18,19)12-8-10(14)5-6-11(12)20-3/h5-6,8H,4,7,9,14H2,1-3H3,(H,15,17). The van der Waals surface area contributed by atoms with Crippen LogP contribution < -0.4 is 15.8 Å². The van der Waals surface area contributed by atoms with Crippen molar-refractivity contribution in [2.45, 2.75) is 18.2 Å². The average Bonchev–Trinajstić information content (AvgIpc) is 2.46. The Morgan fingerprint density at radius 1 is 1.43 bits per heavy atom. The first kappa shape index (κ1) is 17.3. The van der Waals surface area contributed by atoms with Crippen LogP contribution in [-0.4, -0.2) is 45.9 Å². The number of nitrogens with two attached hydrogens (primary N) is 1. The largest absolute Gasteiger partial charge is 0.495 e. The minimum Gasteiger partial charge on any atom is -0.495 e. The molecule has 0 saturated carbocycles. The van der Waals surface area contributed by atoms with Crippen molar-refractivity contribution in [3.05, 3.63) is 18.2 Å². The fourth-order valence-corrected chi connectivity index (χ4v) is 3.49. The van der Waals surface area contributed by atoms with Crippen LogP contribution in [0, 0.1) is 0 Å². The van der Waals surface area contributed by atoms with Crippen LogP contribution in [0.4, 0.5) is 5.69 Å². The summed E-state index contributed by atoms with van der Waals surface area (Å²) < 4.78 is 31.6. The molecule has 0 fully saturated rings. The van der Waals surface area contributed by atoms with Gasteiger partial charge in [-0.25, -0.2) is 8.42 Å². The third-order valence-electron chi connectivity index (χ3n) is 2.88. The third kappa shape index (κ3) is 4.08. The van der Waals surface area contributed by atoms with Gasteiger partial charge in [-0.15, -0.1) is 0 Å². The molecule has 21 heavy (non-hydrogen) atoms. The summed E-state index contributed by atoms with van der Waals surface area (Å²) in [4.78, 5) is 11.5. The monoisotopic (exact) mass is 315 g/mol. The van der Waals surface area contributed by atoms with Crippen LogP contribution >= 0.6 is 0 Å². The van der Waals surface area contributed by atoms with Gasteiger partial charge < -0.3 is 15.8 Å². The lowest BCUT2D eigenvalue weighted by Crippen LogP contribution is -2.40. The number of rotatable bonds is 7. The molecule has 0 unspecified atom stereocenters. The molecule has 1 aromatic carbocycles. The van der Waals surface area contributed by atoms with Gasteiger partial charge in [-0.1, -0.05) is 6.92 Å². The molecule has 7 nitrogen and oxygen atoms in total. The molecule has 0 aliphatic carbocycles. The van der Waals surface area contributed by atoms with Crippen molar-refractivity contribution in [2.75, 3.05) is 33.0 Å². The Kier molecular flexibility index (Phi) is 5.98. The van der Waals surface area contributed by atoms with Gasteiger partial charge in [0, 0.05) is 19.3 Å². The predicted octanol–water partition coefficient (Wildman–Crippen LogP) is 0.424. The van der Waals surface area contributed by atoms with Crippen LogP contribution in [0.15, 0.2) is 23.1 Å². The molecule has 0 saturated heterocycles. The number of nitrogens with one attached hydrogen (secondary N) is 1. The molecule has 118 valence electrons. The van der Waals surface area contributed by atoms with E-state index in [1.807, 2.05) is 6.92 Å². The highest BCUT2D eigenvalue weighted by Gasteiger charge is 2.28. The number of amides is 1. The van der Waals surface area contributed by atoms with E-state index >= 15 is 0 Å². The Balaban J connectivity index is 3.28. The summed E-state index contributed by atoms with van der Waals surface area (Å²) in [6.45, 7) is 1.82. The van der Waals surface area contributed by atoms with Crippen molar-refractivity contribution >= 4 is 21.6 Å². The summed E-state index contributed by atoms with van der Waals surface area (Å²) in [7, 11) is -1.03. The Morgan fingerprint density at radius 2 is 2.10 bits per heavy atom. The van der Waals surface area contributed by atoms with Crippen LogP contribution in [-0.2, 0) is 14.8 Å². The minimum absolute atomic E-state index is 0.0395. The second kappa shape index (κ2) is 7.28. The molecule has 0 aliphatic rings. The van der Waals surface area contributed by atoms with Crippen LogP contribution in [0.1, 0.15) is 13.3 Å². The Bertz CT molecular complexity index is 601. The van der Waals surface area contributed by atoms with E-state index in [4.69, 9.17) is 10.5 Å². The number of carbonyl (C=O) groups excluding carboxylic acids is 1. The van der Waals surface area contributed by atoms with E-state index in [-0.39, 0.29) is 29.6 Å². The number of nitrogens with zero attached hydrogens (tertiary/aromatic N) is 1. The summed E-state index contributed by atoms with van der Waals surface area (Å²) >= 11 is 0. The lowest BCUT2D eigenvalue weighted by atomic mass is 10.3. The molecular weight excluding hydrogens is 294 g/mol. The fraction of sp³-hybridized carbons (Fsp3) is 0.462. The molecule has 0 spiro atoms. The van der Waals surface area contributed by atoms with Crippen molar-refractivity contribution in [3.63, 3.8) is 0 Å². The van der Waals surface area contributed by atoms with Crippen molar-refractivity contribution in [3.8, 4) is 5.75 Å². The highest BCUT2D eigenvalue weighted by molar-refractivity contribution is 7.89. The third-order valence-corrected chi connectivity index (χ3v) is 4.74. The number of methoxy groups -OCH3 is 1. The summed E-state index contributed by atoms with van der Waals surface area (Å²) in [6, 6.07) is 4.38. The van der Waals surface area contributed by atoms with Gasteiger partial charge in [0.1, 0.15) is 10.6 Å². The first-order valence-corrected chi connectivity index (χ1v) is 7.95. The van der Waals surface area contributed by atoms with Gasteiger partial charge in [0.15, 0.2) is 0 Å². The number of anilines is 1. The lowest BCUT2D eigenvalue weighted by molar-refractivity contribution is -0.120. The van der Waals surface area contributed by atoms with Crippen molar-refractivity contribution < 1.29 is 17.9 Å². The van der Waals surface area contributed by atoms with Gasteiger partial charge in [0.25, 0.3) is 0 Å². The molecular formula is C13H21N3O4S. The summed E-state index contributed by atoms with van der Waals surface area (Å²) in [5, 5.41) is 2.42. The number of likely N-dealkylation sites (N-methyl/N-ethyl adjacent to an activating group) is 1. The number of sulfonamides is 1. The van der Waals surface area contributed by atoms with Crippen LogP contribution in [0.3, 0.4) is 0 Å². The van der Waals surface area contributed by atoms with Gasteiger partial charge in [-0.2, -0.15) is 4.31 Å². The zero-order valence-corrected chi connectivity index (χ0v) is 13.2. The van der Waals surface area contributed by atoms with Gasteiger partial charge in [0.05, 0.1) is 13.7 Å². The maximum absolute atomic E-state index is 12.7. The van der Waals surface area contributed by atoms with Gasteiger partial charge >= 0.3 is 0 Å². The number of hydrogen-bond acceptors (Lipinski definition) is 5. The smallest absolute Gasteiger partial charge is 0.247 e. The maximum atomic E-state index is 12.7. The van der Waals surface area contributed by atoms with Crippen LogP contribution in [0.25, 0.3) is 0 Å². The van der Waals surface area contributed by atoms with E-state index in [0.717, 1.165) is 4.31 Å². The van der Waals surface area contributed by atoms with E-state index in [2.05, 4.69) is 5.32 Å². The van der Waals surface area contributed by atoms with E-state index < -0.39 is 10.0 Å². The molecule has 1 amide bonds. The second-order valence-corrected chi connectivity index (χ2v) is 6.33. The van der Waals surface area contributed by atoms with E-state index in [0.29, 0.717) is 12.1 Å². The van der Waals surface area contributed by atoms with Crippen LogP contribution in [0.2, 0.25) is 0 Å². The topological polar surface area (TPSA) is 102 Å². The predicted molar refractivity (Wildman–Crippen MR) is 80.5 cm³/mol. The van der Waals surface area contributed by atoms with E-state index in [1.54, 1.807) is 6.07 Å². The van der Waals surface area contributed by atoms with E-state index in [1.165, 1.54) is 26.3 Å². The SMILES string of the molecule is CCCN(CC(=O)NC)S(=O)(=O)c1cc(N)ccc1OC. The Hall–Kier alpha value is -1.80. The lowest BCUT2D eigenvalue weighted by Gasteiger charge is -2.22. The van der Waals surface area contributed by atoms with Crippen molar-refractivity contribution in [2.24, 2.45) is 0 Å². The highest BCUT2D eigenvalue weighted by Crippen LogP contribution is 2.28. The van der Waals surface area contributed by atoms with Crippen molar-refractivity contribution in [1.82, 2.24) is 9.62 Å². The Labute approximate surface area is 125 Å². The van der Waals surface area contributed by atoms with Gasteiger partial charge in [-0.05, 0) is 24.6 Å². The number of benzene rings is 1. The van der Waals surface area contributed by atoms with E-state index in [9.17, 15) is 13.2 Å². The molecule has 0 bridgehead atoms. The molecule has 1 aromatic rings. The van der Waals surface area contributed by atoms with Gasteiger partial charge in [-0.3, -0.25) is 4.79 Å². The summed E-state index contributed by atoms with van der Waals surface area (Å²) in [6.07, 6.45) is 0.584. The molecule has 8 heteroatoms. The number of ether oxygens (including phenoxy) is 1. The molecule has 0 heterocycles. The van der Waals surface area contributed by atoms with Gasteiger partial charge in [0.2, 0.25) is 15.9 Å². The maximum Gasteiger partial charge on any atom is 0.247 e. The average molecular weight is 315 g/mol. The molecule has 0 atom stereocenters. The normalized spacial score (nSPS) is 11.4. The van der Waals surface area contributed by atoms with Crippen LogP contribution in [0.5, 0.6) is 5.75 Å². The zero-order valence-electron chi connectivity index (χ0n) is 12.4. The quantitative estimate of drug-likeness (QED) is 0.710. The number of hydrogen-bond donors (Lipinski definition) is 2. The zero-order chi connectivity index (χ0) is 16.0. The first-order valence-electron chi connectivity index (χ1n) is 6.51. The molecule has 0 aliphatic heterocycles. The fourth-order valence-electron chi connectivity index (χ4n) is 1.81. The molecule has 0 radical (unpaired) electrons. The first-order chi connectivity index (χ1) is 9.86. The second-order valence-electron chi connectivity index (χ2n) is 4.42.